The van der Waals surface area contributed by atoms with Gasteiger partial charge in [-0.2, -0.15) is 0 Å². The van der Waals surface area contributed by atoms with E-state index < -0.39 is 0 Å². The van der Waals surface area contributed by atoms with Crippen molar-refractivity contribution < 1.29 is 4.79 Å². The van der Waals surface area contributed by atoms with Crippen LogP contribution in [0.5, 0.6) is 0 Å². The fraction of sp³-hybridized carbons (Fsp3) is 0.304. The number of carbonyl (C=O) groups excluding carboxylic acids is 1. The van der Waals surface area contributed by atoms with Crippen LogP contribution in [0.2, 0.25) is 0 Å². The number of allylic oxidation sites excluding steroid dienone is 1. The fourth-order valence-corrected chi connectivity index (χ4v) is 3.62. The highest BCUT2D eigenvalue weighted by Crippen LogP contribution is 2.22. The van der Waals surface area contributed by atoms with Gasteiger partial charge in [-0.15, -0.1) is 0 Å². The standard InChI is InChI=1S/C23H25N5O/c1-16-15-20(28-23(26-16)25-14-12-17-7-3-2-4-8-17)22(29)27-19-11-5-9-18-10-6-13-24-21(18)19/h5-7,9-11,13,15H,2-4,8,12,14H2,1H3,(H,27,29)(H,25,26,28). The fourth-order valence-electron chi connectivity index (χ4n) is 3.62. The number of hydrogen-bond donors (Lipinski definition) is 2. The predicted octanol–water partition coefficient (Wildman–Crippen LogP) is 4.89. The van der Waals surface area contributed by atoms with Crippen molar-refractivity contribution in [2.75, 3.05) is 17.2 Å². The van der Waals surface area contributed by atoms with Gasteiger partial charge in [0.25, 0.3) is 5.91 Å². The Bertz CT molecular complexity index is 1050. The molecule has 0 spiro atoms. The van der Waals surface area contributed by atoms with Gasteiger partial charge in [-0.1, -0.05) is 29.8 Å². The van der Waals surface area contributed by atoms with Crippen LogP contribution in [0.1, 0.15) is 48.3 Å². The van der Waals surface area contributed by atoms with E-state index in [-0.39, 0.29) is 5.91 Å². The molecule has 0 aliphatic heterocycles. The number of aryl methyl sites for hydroxylation is 1. The minimum Gasteiger partial charge on any atom is -0.354 e. The van der Waals surface area contributed by atoms with Crippen molar-refractivity contribution in [2.45, 2.75) is 39.0 Å². The monoisotopic (exact) mass is 387 g/mol. The third kappa shape index (κ3) is 4.77. The van der Waals surface area contributed by atoms with Gasteiger partial charge in [0.05, 0.1) is 11.2 Å². The van der Waals surface area contributed by atoms with Gasteiger partial charge in [0, 0.05) is 23.8 Å². The Morgan fingerprint density at radius 3 is 2.90 bits per heavy atom. The number of benzene rings is 1. The summed E-state index contributed by atoms with van der Waals surface area (Å²) in [6.07, 6.45) is 9.99. The van der Waals surface area contributed by atoms with E-state index in [0.29, 0.717) is 17.3 Å². The number of hydrogen-bond acceptors (Lipinski definition) is 5. The van der Waals surface area contributed by atoms with Gasteiger partial charge in [0.2, 0.25) is 5.95 Å². The van der Waals surface area contributed by atoms with Gasteiger partial charge in [0.1, 0.15) is 5.69 Å². The third-order valence-electron chi connectivity index (χ3n) is 5.08. The quantitative estimate of drug-likeness (QED) is 0.589. The largest absolute Gasteiger partial charge is 0.354 e. The van der Waals surface area contributed by atoms with Crippen LogP contribution >= 0.6 is 0 Å². The lowest BCUT2D eigenvalue weighted by Gasteiger charge is -2.13. The number of fused-ring (bicyclic) bond motifs is 1. The topological polar surface area (TPSA) is 79.8 Å². The van der Waals surface area contributed by atoms with E-state index in [2.05, 4.69) is 31.7 Å². The van der Waals surface area contributed by atoms with E-state index in [1.54, 1.807) is 12.3 Å². The van der Waals surface area contributed by atoms with E-state index in [1.165, 1.54) is 31.3 Å². The zero-order chi connectivity index (χ0) is 20.1. The number of rotatable bonds is 6. The van der Waals surface area contributed by atoms with E-state index in [0.717, 1.165) is 29.6 Å². The third-order valence-corrected chi connectivity index (χ3v) is 5.08. The zero-order valence-electron chi connectivity index (χ0n) is 16.6. The molecular formula is C23H25N5O. The van der Waals surface area contributed by atoms with Gasteiger partial charge < -0.3 is 10.6 Å². The SMILES string of the molecule is Cc1cc(C(=O)Nc2cccc3cccnc23)nc(NCCC2=CCCCC2)n1. The average molecular weight is 387 g/mol. The summed E-state index contributed by atoms with van der Waals surface area (Å²) in [6, 6.07) is 11.3. The van der Waals surface area contributed by atoms with Crippen LogP contribution in [0.4, 0.5) is 11.6 Å². The number of nitrogens with one attached hydrogen (secondary N) is 2. The molecule has 1 amide bonds. The molecule has 0 fully saturated rings. The molecule has 0 atom stereocenters. The first-order valence-electron chi connectivity index (χ1n) is 10.1. The summed E-state index contributed by atoms with van der Waals surface area (Å²) in [6.45, 7) is 2.64. The molecule has 1 aliphatic rings. The lowest BCUT2D eigenvalue weighted by Crippen LogP contribution is -2.17. The first-order valence-corrected chi connectivity index (χ1v) is 10.1. The van der Waals surface area contributed by atoms with E-state index in [4.69, 9.17) is 0 Å². The Morgan fingerprint density at radius 2 is 2.03 bits per heavy atom. The Balaban J connectivity index is 1.46. The minimum atomic E-state index is -0.272. The zero-order valence-corrected chi connectivity index (χ0v) is 16.6. The van der Waals surface area contributed by atoms with Gasteiger partial charge in [0.15, 0.2) is 0 Å². The highest BCUT2D eigenvalue weighted by molar-refractivity contribution is 6.07. The van der Waals surface area contributed by atoms with Crippen molar-refractivity contribution in [1.82, 2.24) is 15.0 Å². The normalized spacial score (nSPS) is 13.8. The van der Waals surface area contributed by atoms with Crippen molar-refractivity contribution >= 4 is 28.4 Å². The number of carbonyl (C=O) groups is 1. The van der Waals surface area contributed by atoms with Gasteiger partial charge in [-0.3, -0.25) is 9.78 Å². The van der Waals surface area contributed by atoms with E-state index >= 15 is 0 Å². The lowest BCUT2D eigenvalue weighted by atomic mass is 9.97. The summed E-state index contributed by atoms with van der Waals surface area (Å²) in [5, 5.41) is 7.18. The Hall–Kier alpha value is -3.28. The molecular weight excluding hydrogens is 362 g/mol. The minimum absolute atomic E-state index is 0.272. The molecule has 0 unspecified atom stereocenters. The predicted molar refractivity (Wildman–Crippen MR) is 116 cm³/mol. The highest BCUT2D eigenvalue weighted by atomic mass is 16.1. The van der Waals surface area contributed by atoms with Crippen LogP contribution in [0.25, 0.3) is 10.9 Å². The van der Waals surface area contributed by atoms with E-state index in [1.807, 2.05) is 37.3 Å². The molecule has 0 bridgehead atoms. The second-order valence-electron chi connectivity index (χ2n) is 7.34. The number of anilines is 2. The van der Waals surface area contributed by atoms with Crippen LogP contribution in [0.3, 0.4) is 0 Å². The van der Waals surface area contributed by atoms with Crippen LogP contribution in [0, 0.1) is 6.92 Å². The maximum Gasteiger partial charge on any atom is 0.274 e. The molecule has 29 heavy (non-hydrogen) atoms. The van der Waals surface area contributed by atoms with Crippen LogP contribution in [-0.2, 0) is 0 Å². The van der Waals surface area contributed by atoms with Crippen molar-refractivity contribution in [2.24, 2.45) is 0 Å². The van der Waals surface area contributed by atoms with Crippen molar-refractivity contribution in [1.29, 1.82) is 0 Å². The number of para-hydroxylation sites is 1. The molecule has 1 aromatic carbocycles. The Morgan fingerprint density at radius 1 is 1.14 bits per heavy atom. The second kappa shape index (κ2) is 8.82. The number of pyridine rings is 1. The summed E-state index contributed by atoms with van der Waals surface area (Å²) >= 11 is 0. The van der Waals surface area contributed by atoms with Crippen molar-refractivity contribution in [3.8, 4) is 0 Å². The molecule has 6 heteroatoms. The number of nitrogens with zero attached hydrogens (tertiary/aromatic N) is 3. The second-order valence-corrected chi connectivity index (χ2v) is 7.34. The molecule has 0 saturated heterocycles. The molecule has 3 aromatic rings. The molecule has 2 heterocycles. The van der Waals surface area contributed by atoms with Gasteiger partial charge in [-0.25, -0.2) is 9.97 Å². The van der Waals surface area contributed by atoms with Crippen LogP contribution in [-0.4, -0.2) is 27.4 Å². The molecule has 2 aromatic heterocycles. The highest BCUT2D eigenvalue weighted by Gasteiger charge is 2.13. The average Bonchev–Trinajstić information content (AvgIpc) is 2.74. The molecule has 6 nitrogen and oxygen atoms in total. The maximum absolute atomic E-state index is 12.8. The van der Waals surface area contributed by atoms with Crippen LogP contribution < -0.4 is 10.6 Å². The summed E-state index contributed by atoms with van der Waals surface area (Å²) in [7, 11) is 0. The van der Waals surface area contributed by atoms with Crippen molar-refractivity contribution in [3.63, 3.8) is 0 Å². The molecule has 1 aliphatic carbocycles. The number of aromatic nitrogens is 3. The smallest absolute Gasteiger partial charge is 0.274 e. The summed E-state index contributed by atoms with van der Waals surface area (Å²) < 4.78 is 0. The summed E-state index contributed by atoms with van der Waals surface area (Å²) in [5.74, 6) is 0.217. The maximum atomic E-state index is 12.8. The summed E-state index contributed by atoms with van der Waals surface area (Å²) in [4.78, 5) is 26.0. The first-order chi connectivity index (χ1) is 14.2. The van der Waals surface area contributed by atoms with Gasteiger partial charge in [-0.05, 0) is 57.2 Å². The van der Waals surface area contributed by atoms with Gasteiger partial charge >= 0.3 is 0 Å². The van der Waals surface area contributed by atoms with Crippen LogP contribution in [0.15, 0.2) is 54.2 Å². The lowest BCUT2D eigenvalue weighted by molar-refractivity contribution is 0.102. The molecule has 0 radical (unpaired) electrons. The summed E-state index contributed by atoms with van der Waals surface area (Å²) in [5.41, 5.74) is 4.01. The molecule has 2 N–H and O–H groups in total. The molecule has 4 rings (SSSR count). The Kier molecular flexibility index (Phi) is 5.79. The number of amides is 1. The molecule has 0 saturated carbocycles. The molecule has 148 valence electrons. The van der Waals surface area contributed by atoms with E-state index in [9.17, 15) is 4.79 Å². The van der Waals surface area contributed by atoms with Crippen molar-refractivity contribution in [3.05, 3.63) is 65.6 Å². The Labute approximate surface area is 170 Å². The first kappa shape index (κ1) is 19.1.